The molecular formula is C32H39ClN2O3. The van der Waals surface area contributed by atoms with Crippen LogP contribution in [0.1, 0.15) is 51.3 Å². The van der Waals surface area contributed by atoms with E-state index in [2.05, 4.69) is 26.1 Å². The van der Waals surface area contributed by atoms with Crippen molar-refractivity contribution in [2.75, 3.05) is 13.2 Å². The van der Waals surface area contributed by atoms with Crippen LogP contribution in [0.5, 0.6) is 5.75 Å². The van der Waals surface area contributed by atoms with Crippen LogP contribution in [0.3, 0.4) is 0 Å². The minimum atomic E-state index is -0.713. The standard InChI is InChI=1S/C32H39ClN2O3/c1-23(2)20-34-31(37)29(19-24-10-7-6-8-11-24)35(21-25-12-9-13-27(33)18-25)30(36)22-38-28-16-14-26(15-17-28)32(3,4)5/h6-18,23,29H,19-22H2,1-5H3,(H,34,37)/t29-/m0/s1. The molecular weight excluding hydrogens is 496 g/mol. The van der Waals surface area contributed by atoms with Gasteiger partial charge in [0, 0.05) is 24.5 Å². The molecule has 0 aliphatic carbocycles. The number of halogens is 1. The summed E-state index contributed by atoms with van der Waals surface area (Å²) >= 11 is 6.24. The van der Waals surface area contributed by atoms with Crippen LogP contribution in [0.15, 0.2) is 78.9 Å². The smallest absolute Gasteiger partial charge is 0.261 e. The number of amides is 2. The molecule has 0 radical (unpaired) electrons. The molecule has 3 rings (SSSR count). The molecule has 0 saturated heterocycles. The summed E-state index contributed by atoms with van der Waals surface area (Å²) in [4.78, 5) is 28.8. The van der Waals surface area contributed by atoms with E-state index in [0.29, 0.717) is 23.7 Å². The van der Waals surface area contributed by atoms with Crippen LogP contribution in [0.25, 0.3) is 0 Å². The van der Waals surface area contributed by atoms with Gasteiger partial charge in [-0.05, 0) is 52.3 Å². The number of nitrogens with one attached hydrogen (secondary N) is 1. The highest BCUT2D eigenvalue weighted by Crippen LogP contribution is 2.24. The zero-order valence-electron chi connectivity index (χ0n) is 23.0. The fraction of sp³-hybridized carbons (Fsp3) is 0.375. The molecule has 202 valence electrons. The minimum Gasteiger partial charge on any atom is -0.484 e. The number of hydrogen-bond donors (Lipinski definition) is 1. The van der Waals surface area contributed by atoms with E-state index in [4.69, 9.17) is 16.3 Å². The molecule has 1 atom stereocenters. The highest BCUT2D eigenvalue weighted by atomic mass is 35.5. The van der Waals surface area contributed by atoms with Crippen molar-refractivity contribution in [1.29, 1.82) is 0 Å². The van der Waals surface area contributed by atoms with Crippen molar-refractivity contribution < 1.29 is 14.3 Å². The van der Waals surface area contributed by atoms with E-state index < -0.39 is 6.04 Å². The zero-order valence-corrected chi connectivity index (χ0v) is 23.8. The summed E-state index contributed by atoms with van der Waals surface area (Å²) < 4.78 is 5.91. The van der Waals surface area contributed by atoms with Gasteiger partial charge in [-0.1, -0.05) is 101 Å². The van der Waals surface area contributed by atoms with Crippen LogP contribution in [-0.4, -0.2) is 35.9 Å². The van der Waals surface area contributed by atoms with Crippen molar-refractivity contribution in [2.45, 2.75) is 59.0 Å². The quantitative estimate of drug-likeness (QED) is 0.308. The van der Waals surface area contributed by atoms with Crippen molar-refractivity contribution in [3.8, 4) is 5.75 Å². The van der Waals surface area contributed by atoms with Crippen LogP contribution in [-0.2, 0) is 28.0 Å². The Bertz CT molecular complexity index is 1190. The maximum absolute atomic E-state index is 13.7. The van der Waals surface area contributed by atoms with Gasteiger partial charge in [0.2, 0.25) is 5.91 Å². The maximum atomic E-state index is 13.7. The Morgan fingerprint density at radius 1 is 0.921 bits per heavy atom. The Balaban J connectivity index is 1.87. The van der Waals surface area contributed by atoms with Gasteiger partial charge in [0.05, 0.1) is 0 Å². The lowest BCUT2D eigenvalue weighted by molar-refractivity contribution is -0.142. The van der Waals surface area contributed by atoms with Crippen molar-refractivity contribution in [3.63, 3.8) is 0 Å². The first-order valence-corrected chi connectivity index (χ1v) is 13.5. The molecule has 0 aromatic heterocycles. The van der Waals surface area contributed by atoms with Crippen LogP contribution in [0, 0.1) is 5.92 Å². The molecule has 0 aliphatic heterocycles. The first kappa shape index (κ1) is 29.2. The van der Waals surface area contributed by atoms with Crippen molar-refractivity contribution >= 4 is 23.4 Å². The molecule has 3 aromatic rings. The SMILES string of the molecule is CC(C)CNC(=O)[C@H](Cc1ccccc1)N(Cc1cccc(Cl)c1)C(=O)COc1ccc(C(C)(C)C)cc1. The van der Waals surface area contributed by atoms with E-state index in [-0.39, 0.29) is 36.3 Å². The Labute approximate surface area is 232 Å². The van der Waals surface area contributed by atoms with E-state index in [9.17, 15) is 9.59 Å². The number of hydrogen-bond acceptors (Lipinski definition) is 3. The van der Waals surface area contributed by atoms with E-state index in [0.717, 1.165) is 11.1 Å². The zero-order chi connectivity index (χ0) is 27.7. The van der Waals surface area contributed by atoms with Crippen molar-refractivity contribution in [2.24, 2.45) is 5.92 Å². The lowest BCUT2D eigenvalue weighted by atomic mass is 9.87. The number of nitrogens with zero attached hydrogens (tertiary/aromatic N) is 1. The van der Waals surface area contributed by atoms with Gasteiger partial charge in [-0.25, -0.2) is 0 Å². The second-order valence-corrected chi connectivity index (χ2v) is 11.5. The molecule has 2 amide bonds. The lowest BCUT2D eigenvalue weighted by Gasteiger charge is -2.31. The molecule has 0 heterocycles. The fourth-order valence-electron chi connectivity index (χ4n) is 4.09. The van der Waals surface area contributed by atoms with Gasteiger partial charge in [0.25, 0.3) is 5.91 Å². The number of benzene rings is 3. The number of rotatable bonds is 11. The second-order valence-electron chi connectivity index (χ2n) is 11.1. The predicted molar refractivity (Wildman–Crippen MR) is 154 cm³/mol. The van der Waals surface area contributed by atoms with Crippen LogP contribution in [0.2, 0.25) is 5.02 Å². The van der Waals surface area contributed by atoms with Gasteiger partial charge < -0.3 is 15.0 Å². The Morgan fingerprint density at radius 2 is 1.58 bits per heavy atom. The number of carbonyl (C=O) groups excluding carboxylic acids is 2. The second kappa shape index (κ2) is 13.5. The first-order chi connectivity index (χ1) is 18.0. The molecule has 38 heavy (non-hydrogen) atoms. The average Bonchev–Trinajstić information content (AvgIpc) is 2.88. The van der Waals surface area contributed by atoms with Gasteiger partial charge >= 0.3 is 0 Å². The normalized spacial score (nSPS) is 12.2. The summed E-state index contributed by atoms with van der Waals surface area (Å²) in [7, 11) is 0. The Morgan fingerprint density at radius 3 is 2.18 bits per heavy atom. The molecule has 0 aliphatic rings. The third kappa shape index (κ3) is 8.91. The van der Waals surface area contributed by atoms with Crippen LogP contribution < -0.4 is 10.1 Å². The monoisotopic (exact) mass is 534 g/mol. The molecule has 0 saturated carbocycles. The molecule has 6 heteroatoms. The van der Waals surface area contributed by atoms with E-state index >= 15 is 0 Å². The average molecular weight is 535 g/mol. The van der Waals surface area contributed by atoms with Crippen LogP contribution >= 0.6 is 11.6 Å². The largest absolute Gasteiger partial charge is 0.484 e. The molecule has 1 N–H and O–H groups in total. The Hall–Kier alpha value is -3.31. The third-order valence-electron chi connectivity index (χ3n) is 6.28. The predicted octanol–water partition coefficient (Wildman–Crippen LogP) is 6.43. The summed E-state index contributed by atoms with van der Waals surface area (Å²) in [5.74, 6) is 0.434. The van der Waals surface area contributed by atoms with Gasteiger partial charge in [0.1, 0.15) is 11.8 Å². The van der Waals surface area contributed by atoms with Gasteiger partial charge in [-0.3, -0.25) is 9.59 Å². The maximum Gasteiger partial charge on any atom is 0.261 e. The first-order valence-electron chi connectivity index (χ1n) is 13.1. The minimum absolute atomic E-state index is 0.0239. The van der Waals surface area contributed by atoms with Crippen LogP contribution in [0.4, 0.5) is 0 Å². The summed E-state index contributed by atoms with van der Waals surface area (Å²) in [5, 5.41) is 3.61. The molecule has 0 unspecified atom stereocenters. The fourth-order valence-corrected chi connectivity index (χ4v) is 4.30. The highest BCUT2D eigenvalue weighted by molar-refractivity contribution is 6.30. The molecule has 0 bridgehead atoms. The third-order valence-corrected chi connectivity index (χ3v) is 6.52. The molecule has 0 fully saturated rings. The van der Waals surface area contributed by atoms with E-state index in [1.54, 1.807) is 11.0 Å². The Kier molecular flexibility index (Phi) is 10.4. The summed E-state index contributed by atoms with van der Waals surface area (Å²) in [6.45, 7) is 11.1. The van der Waals surface area contributed by atoms with Gasteiger partial charge in [-0.2, -0.15) is 0 Å². The highest BCUT2D eigenvalue weighted by Gasteiger charge is 2.31. The summed E-state index contributed by atoms with van der Waals surface area (Å²) in [6, 6.07) is 24.2. The topological polar surface area (TPSA) is 58.6 Å². The lowest BCUT2D eigenvalue weighted by Crippen LogP contribution is -2.52. The molecule has 0 spiro atoms. The molecule has 3 aromatic carbocycles. The van der Waals surface area contributed by atoms with Gasteiger partial charge in [0.15, 0.2) is 6.61 Å². The van der Waals surface area contributed by atoms with Gasteiger partial charge in [-0.15, -0.1) is 0 Å². The van der Waals surface area contributed by atoms with Crippen molar-refractivity contribution in [1.82, 2.24) is 10.2 Å². The molecule has 5 nitrogen and oxygen atoms in total. The van der Waals surface area contributed by atoms with E-state index in [1.165, 1.54) is 5.56 Å². The number of carbonyl (C=O) groups is 2. The summed E-state index contributed by atoms with van der Waals surface area (Å²) in [5.41, 5.74) is 3.02. The number of ether oxygens (including phenoxy) is 1. The van der Waals surface area contributed by atoms with Crippen molar-refractivity contribution in [3.05, 3.63) is 101 Å². The van der Waals surface area contributed by atoms with E-state index in [1.807, 2.05) is 86.6 Å². The summed E-state index contributed by atoms with van der Waals surface area (Å²) in [6.07, 6.45) is 0.386.